The summed E-state index contributed by atoms with van der Waals surface area (Å²) in [7, 11) is 1.58. The number of hydrogen-bond acceptors (Lipinski definition) is 8. The number of para-hydroxylation sites is 1. The van der Waals surface area contributed by atoms with Crippen molar-refractivity contribution in [1.29, 1.82) is 0 Å². The summed E-state index contributed by atoms with van der Waals surface area (Å²) in [5.74, 6) is 0.739. The van der Waals surface area contributed by atoms with E-state index in [-0.39, 0.29) is 17.4 Å². The minimum Gasteiger partial charge on any atom is -0.507 e. The second kappa shape index (κ2) is 10.6. The molecule has 1 aromatic heterocycles. The number of methoxy groups -OCH3 is 1. The third-order valence-electron chi connectivity index (χ3n) is 7.56. The molecule has 2 aliphatic heterocycles. The van der Waals surface area contributed by atoms with Gasteiger partial charge in [0, 0.05) is 12.0 Å². The van der Waals surface area contributed by atoms with Gasteiger partial charge in [-0.3, -0.25) is 14.5 Å². The molecule has 2 unspecified atom stereocenters. The van der Waals surface area contributed by atoms with E-state index in [2.05, 4.69) is 0 Å². The Hall–Kier alpha value is -5.15. The Balaban J connectivity index is 1.38. The molecule has 7 rings (SSSR count). The summed E-state index contributed by atoms with van der Waals surface area (Å²) >= 11 is 1.27. The molecule has 0 aliphatic carbocycles. The average molecular weight is 591 g/mol. The number of nitrogens with zero attached hydrogens (tertiary/aromatic N) is 2. The fourth-order valence-electron chi connectivity index (χ4n) is 5.57. The van der Waals surface area contributed by atoms with Crippen LogP contribution in [0.5, 0.6) is 23.0 Å². The first-order chi connectivity index (χ1) is 20.9. The van der Waals surface area contributed by atoms with E-state index in [0.717, 1.165) is 16.0 Å². The van der Waals surface area contributed by atoms with E-state index in [1.807, 2.05) is 61.5 Å². The normalized spacial score (nSPS) is 19.0. The molecule has 5 aromatic rings. The Morgan fingerprint density at radius 2 is 1.77 bits per heavy atom. The maximum absolute atomic E-state index is 13.8. The van der Waals surface area contributed by atoms with Gasteiger partial charge in [0.25, 0.3) is 5.78 Å². The first-order valence-electron chi connectivity index (χ1n) is 13.8. The maximum atomic E-state index is 13.8. The summed E-state index contributed by atoms with van der Waals surface area (Å²) in [6, 6.07) is 26.3. The third kappa shape index (κ3) is 4.77. The van der Waals surface area contributed by atoms with E-state index < -0.39 is 17.7 Å². The van der Waals surface area contributed by atoms with Crippen molar-refractivity contribution in [3.05, 3.63) is 113 Å². The molecule has 214 valence electrons. The summed E-state index contributed by atoms with van der Waals surface area (Å²) in [6.07, 6.45) is 0.699. The van der Waals surface area contributed by atoms with Crippen LogP contribution in [0.1, 0.15) is 29.7 Å². The van der Waals surface area contributed by atoms with Crippen LogP contribution < -0.4 is 19.1 Å². The summed E-state index contributed by atoms with van der Waals surface area (Å²) in [6.45, 7) is 1.98. The number of rotatable bonds is 6. The van der Waals surface area contributed by atoms with Crippen molar-refractivity contribution >= 4 is 44.1 Å². The number of ketones is 1. The fraction of sp³-hybridized carbons (Fsp3) is 0.147. The molecule has 9 heteroatoms. The average Bonchev–Trinajstić information content (AvgIpc) is 3.69. The van der Waals surface area contributed by atoms with Crippen molar-refractivity contribution in [2.24, 2.45) is 0 Å². The maximum Gasteiger partial charge on any atom is 0.301 e. The van der Waals surface area contributed by atoms with Gasteiger partial charge in [-0.05, 0) is 78.7 Å². The van der Waals surface area contributed by atoms with Gasteiger partial charge in [-0.25, -0.2) is 4.98 Å². The number of Topliss-reactive ketones (excluding diaryl/α,β-unsaturated/α-hetero) is 1. The minimum atomic E-state index is -0.954. The summed E-state index contributed by atoms with van der Waals surface area (Å²) in [5, 5.41) is 12.0. The molecule has 0 saturated carbocycles. The number of benzene rings is 4. The number of fused-ring (bicyclic) bond motifs is 2. The molecule has 43 heavy (non-hydrogen) atoms. The van der Waals surface area contributed by atoms with E-state index in [1.54, 1.807) is 43.5 Å². The van der Waals surface area contributed by atoms with E-state index in [0.29, 0.717) is 45.4 Å². The number of aliphatic hydroxyl groups excluding tert-OH is 1. The van der Waals surface area contributed by atoms with E-state index in [9.17, 15) is 14.7 Å². The molecule has 8 nitrogen and oxygen atoms in total. The lowest BCUT2D eigenvalue weighted by Gasteiger charge is -2.23. The SMILES string of the molecule is COc1ccc2nc(N3C(=O)C(=O)C(=C(O)c4ccc5c(c4)CC(C)O5)C3c3cccc(Oc4ccccc4)c3)sc2c1. The van der Waals surface area contributed by atoms with E-state index in [1.165, 1.54) is 16.2 Å². The molecule has 2 atom stereocenters. The van der Waals surface area contributed by atoms with Crippen molar-refractivity contribution in [3.63, 3.8) is 0 Å². The molecule has 2 aliphatic rings. The molecule has 0 radical (unpaired) electrons. The van der Waals surface area contributed by atoms with Crippen molar-refractivity contribution in [2.75, 3.05) is 12.0 Å². The molecular formula is C34H26N2O6S. The smallest absolute Gasteiger partial charge is 0.301 e. The highest BCUT2D eigenvalue weighted by atomic mass is 32.1. The van der Waals surface area contributed by atoms with Crippen LogP contribution in [-0.4, -0.2) is 35.0 Å². The lowest BCUT2D eigenvalue weighted by molar-refractivity contribution is -0.132. The summed E-state index contributed by atoms with van der Waals surface area (Å²) < 4.78 is 18.1. The molecule has 1 N–H and O–H groups in total. The third-order valence-corrected chi connectivity index (χ3v) is 8.57. The van der Waals surface area contributed by atoms with Crippen molar-refractivity contribution in [3.8, 4) is 23.0 Å². The fourth-order valence-corrected chi connectivity index (χ4v) is 6.59. The van der Waals surface area contributed by atoms with Crippen LogP contribution >= 0.6 is 11.3 Å². The zero-order valence-electron chi connectivity index (χ0n) is 23.3. The molecule has 0 spiro atoms. The predicted molar refractivity (Wildman–Crippen MR) is 164 cm³/mol. The molecular weight excluding hydrogens is 564 g/mol. The summed E-state index contributed by atoms with van der Waals surface area (Å²) in [4.78, 5) is 33.6. The van der Waals surface area contributed by atoms with Gasteiger partial charge in [0.15, 0.2) is 5.13 Å². The van der Waals surface area contributed by atoms with Gasteiger partial charge in [-0.1, -0.05) is 41.7 Å². The Labute approximate surface area is 251 Å². The van der Waals surface area contributed by atoms with Gasteiger partial charge in [-0.2, -0.15) is 0 Å². The van der Waals surface area contributed by atoms with E-state index in [4.69, 9.17) is 19.2 Å². The highest BCUT2D eigenvalue weighted by Gasteiger charge is 2.48. The second-order valence-corrected chi connectivity index (χ2v) is 11.5. The van der Waals surface area contributed by atoms with Crippen LogP contribution in [0.4, 0.5) is 5.13 Å². The lowest BCUT2D eigenvalue weighted by atomic mass is 9.94. The van der Waals surface area contributed by atoms with Crippen LogP contribution in [-0.2, 0) is 16.0 Å². The molecule has 4 aromatic carbocycles. The predicted octanol–water partition coefficient (Wildman–Crippen LogP) is 7.05. The highest BCUT2D eigenvalue weighted by molar-refractivity contribution is 7.22. The number of anilines is 1. The number of hydrogen-bond donors (Lipinski definition) is 1. The Morgan fingerprint density at radius 3 is 2.58 bits per heavy atom. The van der Waals surface area contributed by atoms with Gasteiger partial charge in [0.2, 0.25) is 0 Å². The minimum absolute atomic E-state index is 0.0167. The molecule has 3 heterocycles. The van der Waals surface area contributed by atoms with Crippen LogP contribution in [0.2, 0.25) is 0 Å². The standard InChI is InChI=1S/C34H26N2O6S/c1-19-15-22-16-21(11-14-27(22)41-19)31(37)29-30(20-7-6-10-25(17-20)42-23-8-4-3-5-9-23)36(33(39)32(29)38)34-35-26-13-12-24(40-2)18-28(26)43-34/h3-14,16-19,30,37H,15H2,1-2H3. The largest absolute Gasteiger partial charge is 0.507 e. The lowest BCUT2D eigenvalue weighted by Crippen LogP contribution is -2.29. The van der Waals surface area contributed by atoms with Crippen LogP contribution in [0.3, 0.4) is 0 Å². The number of aromatic nitrogens is 1. The van der Waals surface area contributed by atoms with Crippen LogP contribution in [0.15, 0.2) is 96.6 Å². The molecule has 1 amide bonds. The van der Waals surface area contributed by atoms with Gasteiger partial charge >= 0.3 is 5.91 Å². The van der Waals surface area contributed by atoms with Crippen LogP contribution in [0, 0.1) is 0 Å². The zero-order chi connectivity index (χ0) is 29.7. The monoisotopic (exact) mass is 590 g/mol. The number of carbonyl (C=O) groups excluding carboxylic acids is 2. The first kappa shape index (κ1) is 26.7. The topological polar surface area (TPSA) is 98.2 Å². The zero-order valence-corrected chi connectivity index (χ0v) is 24.1. The second-order valence-electron chi connectivity index (χ2n) is 10.4. The van der Waals surface area contributed by atoms with Crippen molar-refractivity contribution in [1.82, 2.24) is 4.98 Å². The van der Waals surface area contributed by atoms with Gasteiger partial charge < -0.3 is 19.3 Å². The van der Waals surface area contributed by atoms with Crippen molar-refractivity contribution < 1.29 is 28.9 Å². The Kier molecular flexibility index (Phi) is 6.59. The molecule has 1 saturated heterocycles. The summed E-state index contributed by atoms with van der Waals surface area (Å²) in [5.41, 5.74) is 2.59. The first-order valence-corrected chi connectivity index (χ1v) is 14.6. The number of carbonyl (C=O) groups is 2. The van der Waals surface area contributed by atoms with Crippen LogP contribution in [0.25, 0.3) is 16.0 Å². The van der Waals surface area contributed by atoms with E-state index >= 15 is 0 Å². The highest BCUT2D eigenvalue weighted by Crippen LogP contribution is 2.46. The van der Waals surface area contributed by atoms with Crippen molar-refractivity contribution in [2.45, 2.75) is 25.5 Å². The quantitative estimate of drug-likeness (QED) is 0.129. The van der Waals surface area contributed by atoms with Gasteiger partial charge in [0.05, 0.1) is 28.9 Å². The van der Waals surface area contributed by atoms with Gasteiger partial charge in [0.1, 0.15) is 34.9 Å². The molecule has 0 bridgehead atoms. The number of amides is 1. The Bertz CT molecular complexity index is 1930. The Morgan fingerprint density at radius 1 is 0.953 bits per heavy atom. The number of ether oxygens (including phenoxy) is 3. The molecule has 1 fully saturated rings. The number of aliphatic hydroxyl groups is 1. The van der Waals surface area contributed by atoms with Gasteiger partial charge in [-0.15, -0.1) is 0 Å². The number of thiazole rings is 1.